The Kier molecular flexibility index (Phi) is 4.44. The normalized spacial score (nSPS) is 13.7. The van der Waals surface area contributed by atoms with E-state index < -0.39 is 8.80 Å². The molecule has 0 fully saturated rings. The Hall–Kier alpha value is -0.763. The van der Waals surface area contributed by atoms with Crippen LogP contribution in [0.2, 0.25) is 0 Å². The molecular weight excluding hydrogens is 320 g/mol. The molecule has 3 rings (SSSR count). The minimum absolute atomic E-state index is 0.987. The van der Waals surface area contributed by atoms with Gasteiger partial charge in [-0.1, -0.05) is 41.7 Å². The molecule has 0 aliphatic carbocycles. The third-order valence-corrected chi connectivity index (χ3v) is 8.57. The highest BCUT2D eigenvalue weighted by Crippen LogP contribution is 2.47. The first kappa shape index (κ1) is 15.1. The van der Waals surface area contributed by atoms with Gasteiger partial charge in [-0.3, -0.25) is 0 Å². The Morgan fingerprint density at radius 2 is 1.24 bits per heavy atom. The summed E-state index contributed by atoms with van der Waals surface area (Å²) in [7, 11) is 2.14. The summed E-state index contributed by atoms with van der Waals surface area (Å²) in [5.74, 6) is 0. The van der Waals surface area contributed by atoms with E-state index in [1.54, 1.807) is 44.9 Å². The summed E-state index contributed by atoms with van der Waals surface area (Å²) in [4.78, 5) is 5.07. The zero-order chi connectivity index (χ0) is 14.9. The number of rotatable bonds is 4. The maximum Gasteiger partial charge on any atom is 0.536 e. The van der Waals surface area contributed by atoms with Gasteiger partial charge in [0.2, 0.25) is 0 Å². The molecule has 0 unspecified atom stereocenters. The quantitative estimate of drug-likeness (QED) is 0.681. The van der Waals surface area contributed by atoms with Crippen molar-refractivity contribution in [3.63, 3.8) is 0 Å². The number of hydrogen-bond donors (Lipinski definition) is 0. The Balaban J connectivity index is 2.00. The second kappa shape index (κ2) is 6.16. The van der Waals surface area contributed by atoms with Crippen LogP contribution in [-0.2, 0) is 13.3 Å². The van der Waals surface area contributed by atoms with E-state index in [-0.39, 0.29) is 0 Å². The number of hydrogen-bond acceptors (Lipinski definition) is 5. The van der Waals surface area contributed by atoms with E-state index >= 15 is 0 Å². The maximum atomic E-state index is 5.56. The first-order valence-electron chi connectivity index (χ1n) is 6.47. The molecule has 2 aromatic rings. The predicted molar refractivity (Wildman–Crippen MR) is 87.5 cm³/mol. The van der Waals surface area contributed by atoms with Crippen LogP contribution in [0.5, 0.6) is 0 Å². The molecule has 0 saturated heterocycles. The van der Waals surface area contributed by atoms with Crippen LogP contribution in [0.1, 0.15) is 0 Å². The average Bonchev–Trinajstić information content (AvgIpc) is 2.55. The highest BCUT2D eigenvalue weighted by atomic mass is 32.2. The number of benzene rings is 2. The first-order valence-corrected chi connectivity index (χ1v) is 9.83. The SMILES string of the molecule is CO[Si](OC)(OC)c1ccc2c(c1)Sc1ccccc1S2. The van der Waals surface area contributed by atoms with Crippen molar-refractivity contribution in [2.75, 3.05) is 21.3 Å². The molecule has 0 spiro atoms. The van der Waals surface area contributed by atoms with Gasteiger partial charge in [0.15, 0.2) is 0 Å². The van der Waals surface area contributed by atoms with Crippen molar-refractivity contribution >= 4 is 37.5 Å². The lowest BCUT2D eigenvalue weighted by atomic mass is 10.3. The molecule has 0 bridgehead atoms. The summed E-state index contributed by atoms with van der Waals surface area (Å²) < 4.78 is 16.7. The van der Waals surface area contributed by atoms with Crippen molar-refractivity contribution in [2.45, 2.75) is 19.6 Å². The molecule has 0 amide bonds. The molecule has 3 nitrogen and oxygen atoms in total. The van der Waals surface area contributed by atoms with Gasteiger partial charge in [-0.15, -0.1) is 0 Å². The average molecular weight is 337 g/mol. The van der Waals surface area contributed by atoms with E-state index in [0.29, 0.717) is 0 Å². The minimum Gasteiger partial charge on any atom is -0.373 e. The Labute approximate surface area is 134 Å². The zero-order valence-corrected chi connectivity index (χ0v) is 14.7. The third kappa shape index (κ3) is 2.67. The minimum atomic E-state index is -2.77. The first-order chi connectivity index (χ1) is 10.2. The maximum absolute atomic E-state index is 5.56. The fourth-order valence-electron chi connectivity index (χ4n) is 2.32. The number of fused-ring (bicyclic) bond motifs is 2. The smallest absolute Gasteiger partial charge is 0.373 e. The van der Waals surface area contributed by atoms with Crippen molar-refractivity contribution in [3.8, 4) is 0 Å². The van der Waals surface area contributed by atoms with Gasteiger partial charge in [-0.05, 0) is 24.3 Å². The molecule has 0 N–H and O–H groups in total. The second-order valence-electron chi connectivity index (χ2n) is 4.48. The molecule has 6 heteroatoms. The lowest BCUT2D eigenvalue weighted by Gasteiger charge is -2.26. The van der Waals surface area contributed by atoms with Gasteiger partial charge < -0.3 is 13.3 Å². The van der Waals surface area contributed by atoms with Crippen LogP contribution < -0.4 is 5.19 Å². The third-order valence-electron chi connectivity index (χ3n) is 3.39. The molecule has 0 aromatic heterocycles. The van der Waals surface area contributed by atoms with Crippen LogP contribution in [-0.4, -0.2) is 30.1 Å². The van der Waals surface area contributed by atoms with Crippen LogP contribution in [0.4, 0.5) is 0 Å². The standard InChI is InChI=1S/C15H16O3S2Si/c1-16-21(17-2,18-3)11-8-9-14-15(10-11)20-13-7-5-4-6-12(13)19-14/h4-10H,1-3H3. The van der Waals surface area contributed by atoms with Gasteiger partial charge in [-0.25, -0.2) is 0 Å². The Morgan fingerprint density at radius 3 is 1.81 bits per heavy atom. The van der Waals surface area contributed by atoms with Crippen LogP contribution >= 0.6 is 23.5 Å². The second-order valence-corrected chi connectivity index (χ2v) is 9.56. The van der Waals surface area contributed by atoms with Gasteiger partial charge in [0.05, 0.1) is 0 Å². The van der Waals surface area contributed by atoms with Crippen LogP contribution in [0.3, 0.4) is 0 Å². The molecule has 2 aromatic carbocycles. The summed E-state index contributed by atoms with van der Waals surface area (Å²) in [6, 6.07) is 14.7. The van der Waals surface area contributed by atoms with E-state index in [4.69, 9.17) is 13.3 Å². The zero-order valence-electron chi connectivity index (χ0n) is 12.1. The van der Waals surface area contributed by atoms with Gasteiger partial charge in [0, 0.05) is 46.1 Å². The van der Waals surface area contributed by atoms with E-state index in [1.807, 2.05) is 6.07 Å². The fourth-order valence-corrected chi connectivity index (χ4v) is 6.50. The van der Waals surface area contributed by atoms with Gasteiger partial charge in [-0.2, -0.15) is 0 Å². The molecule has 0 atom stereocenters. The molecule has 1 aliphatic rings. The van der Waals surface area contributed by atoms with Crippen molar-refractivity contribution < 1.29 is 13.3 Å². The molecule has 1 heterocycles. The molecular formula is C15H16O3S2Si. The van der Waals surface area contributed by atoms with E-state index in [1.165, 1.54) is 19.6 Å². The lowest BCUT2D eigenvalue weighted by molar-refractivity contribution is 0.140. The molecule has 1 aliphatic heterocycles. The summed E-state index contributed by atoms with van der Waals surface area (Å²) in [6.07, 6.45) is 0. The van der Waals surface area contributed by atoms with Crippen molar-refractivity contribution in [1.82, 2.24) is 0 Å². The summed E-state index contributed by atoms with van der Waals surface area (Å²) >= 11 is 3.58. The highest BCUT2D eigenvalue weighted by Gasteiger charge is 2.41. The topological polar surface area (TPSA) is 27.7 Å². The largest absolute Gasteiger partial charge is 0.536 e. The summed E-state index contributed by atoms with van der Waals surface area (Å²) in [6.45, 7) is 0. The lowest BCUT2D eigenvalue weighted by Crippen LogP contribution is -2.54. The van der Waals surface area contributed by atoms with Gasteiger partial charge >= 0.3 is 8.80 Å². The monoisotopic (exact) mass is 336 g/mol. The van der Waals surface area contributed by atoms with Crippen molar-refractivity contribution in [3.05, 3.63) is 42.5 Å². The summed E-state index contributed by atoms with van der Waals surface area (Å²) in [5, 5.41) is 0.987. The molecule has 0 saturated carbocycles. The van der Waals surface area contributed by atoms with Crippen molar-refractivity contribution in [2.24, 2.45) is 0 Å². The Morgan fingerprint density at radius 1 is 0.714 bits per heavy atom. The van der Waals surface area contributed by atoms with Crippen LogP contribution in [0.25, 0.3) is 0 Å². The predicted octanol–water partition coefficient (Wildman–Crippen LogP) is 3.39. The summed E-state index contributed by atoms with van der Waals surface area (Å²) in [5.41, 5.74) is 0. The van der Waals surface area contributed by atoms with Crippen molar-refractivity contribution in [1.29, 1.82) is 0 Å². The molecule has 110 valence electrons. The van der Waals surface area contributed by atoms with E-state index in [9.17, 15) is 0 Å². The van der Waals surface area contributed by atoms with E-state index in [0.717, 1.165) is 5.19 Å². The Bertz CT molecular complexity index is 651. The highest BCUT2D eigenvalue weighted by molar-refractivity contribution is 8.05. The van der Waals surface area contributed by atoms with Crippen LogP contribution in [0, 0.1) is 0 Å². The van der Waals surface area contributed by atoms with Gasteiger partial charge in [0.1, 0.15) is 0 Å². The van der Waals surface area contributed by atoms with Crippen LogP contribution in [0.15, 0.2) is 62.0 Å². The van der Waals surface area contributed by atoms with E-state index in [2.05, 4.69) is 36.4 Å². The fraction of sp³-hybridized carbons (Fsp3) is 0.200. The molecule has 21 heavy (non-hydrogen) atoms. The molecule has 0 radical (unpaired) electrons. The van der Waals surface area contributed by atoms with Gasteiger partial charge in [0.25, 0.3) is 0 Å².